The number of ether oxygens (including phenoxy) is 3. The molecule has 0 unspecified atom stereocenters. The van der Waals surface area contributed by atoms with Crippen LogP contribution in [0.3, 0.4) is 0 Å². The highest BCUT2D eigenvalue weighted by Gasteiger charge is 2.46. The lowest BCUT2D eigenvalue weighted by atomic mass is 9.93. The second-order valence-electron chi connectivity index (χ2n) is 5.55. The zero-order valence-corrected chi connectivity index (χ0v) is 12.5. The number of benzene rings is 1. The number of carbonyl (C=O) groups excluding carboxylic acids is 2. The monoisotopic (exact) mass is 302 g/mol. The molecule has 1 saturated heterocycles. The molecule has 0 atom stereocenters. The van der Waals surface area contributed by atoms with Crippen molar-refractivity contribution in [3.8, 4) is 5.75 Å². The molecule has 0 aromatic heterocycles. The Hall–Kier alpha value is -2.30. The minimum absolute atomic E-state index is 0.0966. The van der Waals surface area contributed by atoms with Crippen LogP contribution in [0.4, 0.5) is 0 Å². The molecule has 1 heterocycles. The molecule has 1 aliphatic heterocycles. The van der Waals surface area contributed by atoms with E-state index in [2.05, 4.69) is 0 Å². The van der Waals surface area contributed by atoms with Crippen molar-refractivity contribution in [1.82, 2.24) is 0 Å². The molecule has 1 saturated carbocycles. The fraction of sp³-hybridized carbons (Fsp3) is 0.412. The van der Waals surface area contributed by atoms with Gasteiger partial charge in [0.25, 0.3) is 5.79 Å². The van der Waals surface area contributed by atoms with E-state index in [1.807, 2.05) is 6.07 Å². The third kappa shape index (κ3) is 2.71. The fourth-order valence-corrected chi connectivity index (χ4v) is 2.91. The smallest absolute Gasteiger partial charge is 0.348 e. The van der Waals surface area contributed by atoms with Crippen LogP contribution in [0.2, 0.25) is 0 Å². The Morgan fingerprint density at radius 2 is 1.68 bits per heavy atom. The van der Waals surface area contributed by atoms with E-state index in [1.165, 1.54) is 13.2 Å². The van der Waals surface area contributed by atoms with Crippen molar-refractivity contribution < 1.29 is 23.8 Å². The Labute approximate surface area is 128 Å². The third-order valence-electron chi connectivity index (χ3n) is 4.05. The van der Waals surface area contributed by atoms with Crippen LogP contribution in [0.5, 0.6) is 5.75 Å². The van der Waals surface area contributed by atoms with Crippen molar-refractivity contribution in [3.63, 3.8) is 0 Å². The molecule has 5 nitrogen and oxygen atoms in total. The lowest BCUT2D eigenvalue weighted by Crippen LogP contribution is -2.47. The summed E-state index contributed by atoms with van der Waals surface area (Å²) in [6.07, 6.45) is 5.47. The quantitative estimate of drug-likeness (QED) is 0.477. The number of carbonyl (C=O) groups is 2. The molecule has 22 heavy (non-hydrogen) atoms. The molecule has 2 fully saturated rings. The normalized spacial score (nSPS) is 20.3. The molecule has 1 aromatic rings. The van der Waals surface area contributed by atoms with Gasteiger partial charge in [0.05, 0.1) is 7.11 Å². The number of rotatable bonds is 2. The average Bonchev–Trinajstić information content (AvgIpc) is 2.52. The van der Waals surface area contributed by atoms with Gasteiger partial charge in [-0.2, -0.15) is 0 Å². The molecule has 1 aromatic carbocycles. The Morgan fingerprint density at radius 1 is 1.05 bits per heavy atom. The van der Waals surface area contributed by atoms with Gasteiger partial charge >= 0.3 is 11.9 Å². The second-order valence-corrected chi connectivity index (χ2v) is 5.55. The van der Waals surface area contributed by atoms with Crippen LogP contribution in [0.25, 0.3) is 6.08 Å². The van der Waals surface area contributed by atoms with E-state index < -0.39 is 17.7 Å². The zero-order valence-electron chi connectivity index (χ0n) is 12.5. The number of methoxy groups -OCH3 is 1. The Balaban J connectivity index is 1.88. The van der Waals surface area contributed by atoms with Gasteiger partial charge < -0.3 is 14.2 Å². The molecular formula is C17H18O5. The number of para-hydroxylation sites is 1. The van der Waals surface area contributed by atoms with E-state index in [0.717, 1.165) is 19.3 Å². The Morgan fingerprint density at radius 3 is 2.32 bits per heavy atom. The van der Waals surface area contributed by atoms with Gasteiger partial charge in [-0.15, -0.1) is 0 Å². The van der Waals surface area contributed by atoms with Crippen LogP contribution in [0, 0.1) is 0 Å². The fourth-order valence-electron chi connectivity index (χ4n) is 2.91. The molecule has 0 bridgehead atoms. The molecule has 1 aliphatic carbocycles. The van der Waals surface area contributed by atoms with Crippen LogP contribution >= 0.6 is 0 Å². The van der Waals surface area contributed by atoms with Crippen LogP contribution < -0.4 is 4.74 Å². The highest BCUT2D eigenvalue weighted by atomic mass is 16.7. The SMILES string of the molecule is COc1ccccc1C=C1C(=O)OC2(CCCCC2)OC1=O. The van der Waals surface area contributed by atoms with E-state index in [-0.39, 0.29) is 5.57 Å². The molecule has 5 heteroatoms. The standard InChI is InChI=1S/C17H18O5/c1-20-14-8-4-3-7-12(14)11-13-15(18)21-17(22-16(13)19)9-5-2-6-10-17/h3-4,7-8,11H,2,5-6,9-10H2,1H3. The maximum atomic E-state index is 12.2. The largest absolute Gasteiger partial charge is 0.496 e. The summed E-state index contributed by atoms with van der Waals surface area (Å²) in [6.45, 7) is 0. The molecule has 1 spiro atoms. The van der Waals surface area contributed by atoms with Crippen molar-refractivity contribution in [2.45, 2.75) is 37.9 Å². The van der Waals surface area contributed by atoms with Crippen molar-refractivity contribution >= 4 is 18.0 Å². The number of esters is 2. The first kappa shape index (κ1) is 14.6. The first-order valence-electron chi connectivity index (χ1n) is 7.45. The van der Waals surface area contributed by atoms with Crippen molar-refractivity contribution in [2.24, 2.45) is 0 Å². The summed E-state index contributed by atoms with van der Waals surface area (Å²) in [6, 6.07) is 7.14. The van der Waals surface area contributed by atoms with Crippen molar-refractivity contribution in [2.75, 3.05) is 7.11 Å². The van der Waals surface area contributed by atoms with Gasteiger partial charge in [0.2, 0.25) is 0 Å². The van der Waals surface area contributed by atoms with E-state index >= 15 is 0 Å². The topological polar surface area (TPSA) is 61.8 Å². The first-order valence-corrected chi connectivity index (χ1v) is 7.45. The Kier molecular flexibility index (Phi) is 3.88. The lowest BCUT2D eigenvalue weighted by Gasteiger charge is -2.38. The van der Waals surface area contributed by atoms with Crippen molar-refractivity contribution in [3.05, 3.63) is 35.4 Å². The number of hydrogen-bond acceptors (Lipinski definition) is 5. The van der Waals surface area contributed by atoms with Gasteiger partial charge in [-0.25, -0.2) is 9.59 Å². The van der Waals surface area contributed by atoms with E-state index in [0.29, 0.717) is 24.2 Å². The van der Waals surface area contributed by atoms with Gasteiger partial charge in [-0.3, -0.25) is 0 Å². The third-order valence-corrected chi connectivity index (χ3v) is 4.05. The van der Waals surface area contributed by atoms with E-state index in [9.17, 15) is 9.59 Å². The molecule has 3 rings (SSSR count). The highest BCUT2D eigenvalue weighted by molar-refractivity contribution is 6.19. The minimum Gasteiger partial charge on any atom is -0.496 e. The van der Waals surface area contributed by atoms with Crippen LogP contribution in [-0.2, 0) is 19.1 Å². The summed E-state index contributed by atoms with van der Waals surface area (Å²) in [5.41, 5.74) is 0.536. The van der Waals surface area contributed by atoms with E-state index in [1.54, 1.807) is 18.2 Å². The summed E-state index contributed by atoms with van der Waals surface area (Å²) in [4.78, 5) is 24.5. The van der Waals surface area contributed by atoms with Gasteiger partial charge in [0.1, 0.15) is 11.3 Å². The first-order chi connectivity index (χ1) is 10.6. The molecule has 2 aliphatic rings. The average molecular weight is 302 g/mol. The second kappa shape index (κ2) is 5.83. The number of hydrogen-bond donors (Lipinski definition) is 0. The van der Waals surface area contributed by atoms with Gasteiger partial charge in [0.15, 0.2) is 0 Å². The predicted octanol–water partition coefficient (Wildman–Crippen LogP) is 2.84. The summed E-state index contributed by atoms with van der Waals surface area (Å²) < 4.78 is 16.1. The Bertz CT molecular complexity index is 604. The van der Waals surface area contributed by atoms with Crippen LogP contribution in [0.15, 0.2) is 29.8 Å². The highest BCUT2D eigenvalue weighted by Crippen LogP contribution is 2.37. The summed E-state index contributed by atoms with van der Waals surface area (Å²) >= 11 is 0. The van der Waals surface area contributed by atoms with Gasteiger partial charge in [-0.05, 0) is 25.0 Å². The summed E-state index contributed by atoms with van der Waals surface area (Å²) in [5, 5.41) is 0. The maximum Gasteiger partial charge on any atom is 0.348 e. The maximum absolute atomic E-state index is 12.2. The molecular weight excluding hydrogens is 284 g/mol. The molecule has 0 N–H and O–H groups in total. The van der Waals surface area contributed by atoms with Crippen LogP contribution in [-0.4, -0.2) is 24.8 Å². The minimum atomic E-state index is -1.05. The molecule has 0 radical (unpaired) electrons. The van der Waals surface area contributed by atoms with Crippen LogP contribution in [0.1, 0.15) is 37.7 Å². The molecule has 116 valence electrons. The van der Waals surface area contributed by atoms with Gasteiger partial charge in [-0.1, -0.05) is 24.6 Å². The zero-order chi connectivity index (χ0) is 15.6. The van der Waals surface area contributed by atoms with E-state index in [4.69, 9.17) is 14.2 Å². The van der Waals surface area contributed by atoms with Gasteiger partial charge in [0, 0.05) is 18.4 Å². The lowest BCUT2D eigenvalue weighted by molar-refractivity contribution is -0.244. The summed E-state index contributed by atoms with van der Waals surface area (Å²) in [5.74, 6) is -1.72. The predicted molar refractivity (Wildman–Crippen MR) is 79.0 cm³/mol. The molecule has 0 amide bonds. The van der Waals surface area contributed by atoms with Crippen molar-refractivity contribution in [1.29, 1.82) is 0 Å². The summed E-state index contributed by atoms with van der Waals surface area (Å²) in [7, 11) is 1.53.